The van der Waals surface area contributed by atoms with E-state index in [4.69, 9.17) is 11.6 Å². The van der Waals surface area contributed by atoms with Crippen molar-refractivity contribution in [1.29, 1.82) is 0 Å². The first-order valence-electron chi connectivity index (χ1n) is 6.57. The molecule has 0 aromatic heterocycles. The zero-order valence-corrected chi connectivity index (χ0v) is 12.5. The molecule has 1 amide bonds. The van der Waals surface area contributed by atoms with Crippen LogP contribution in [0.4, 0.5) is 0 Å². The minimum atomic E-state index is -0.646. The summed E-state index contributed by atoms with van der Waals surface area (Å²) in [6, 6.07) is 7.06. The number of carbonyl (C=O) groups excluding carboxylic acids is 1. The van der Waals surface area contributed by atoms with E-state index >= 15 is 0 Å². The Morgan fingerprint density at radius 2 is 2.05 bits per heavy atom. The van der Waals surface area contributed by atoms with Gasteiger partial charge in [-0.3, -0.25) is 4.79 Å². The molecule has 0 spiro atoms. The minimum absolute atomic E-state index is 0.0612. The van der Waals surface area contributed by atoms with E-state index in [1.54, 1.807) is 38.1 Å². The molecule has 1 aromatic rings. The van der Waals surface area contributed by atoms with Gasteiger partial charge in [-0.05, 0) is 52.2 Å². The summed E-state index contributed by atoms with van der Waals surface area (Å²) in [5.74, 6) is -0.152. The van der Waals surface area contributed by atoms with Gasteiger partial charge >= 0.3 is 0 Å². The Hall–Kier alpha value is -1.06. The predicted molar refractivity (Wildman–Crippen MR) is 78.5 cm³/mol. The van der Waals surface area contributed by atoms with E-state index in [0.29, 0.717) is 10.6 Å². The topological polar surface area (TPSA) is 49.3 Å². The number of nitrogens with one attached hydrogen (secondary N) is 1. The van der Waals surface area contributed by atoms with Gasteiger partial charge in [0.05, 0.1) is 16.2 Å². The maximum atomic E-state index is 12.0. The van der Waals surface area contributed by atoms with Gasteiger partial charge in [0.1, 0.15) is 0 Å². The summed E-state index contributed by atoms with van der Waals surface area (Å²) in [5, 5.41) is 13.0. The third-order valence-electron chi connectivity index (χ3n) is 2.92. The van der Waals surface area contributed by atoms with Crippen molar-refractivity contribution >= 4 is 17.5 Å². The van der Waals surface area contributed by atoms with Crippen LogP contribution in [0, 0.1) is 0 Å². The van der Waals surface area contributed by atoms with E-state index in [1.165, 1.54) is 0 Å². The molecular formula is C15H22ClNO2. The molecule has 0 saturated carbocycles. The van der Waals surface area contributed by atoms with E-state index in [2.05, 4.69) is 5.32 Å². The maximum absolute atomic E-state index is 12.0. The van der Waals surface area contributed by atoms with Crippen LogP contribution in [0.3, 0.4) is 0 Å². The molecule has 0 bridgehead atoms. The molecule has 0 aliphatic heterocycles. The Labute approximate surface area is 120 Å². The molecule has 0 fully saturated rings. The quantitative estimate of drug-likeness (QED) is 0.841. The molecule has 0 saturated heterocycles. The highest BCUT2D eigenvalue weighted by Crippen LogP contribution is 2.16. The van der Waals surface area contributed by atoms with Crippen molar-refractivity contribution < 1.29 is 9.90 Å². The monoisotopic (exact) mass is 283 g/mol. The van der Waals surface area contributed by atoms with Crippen molar-refractivity contribution in [1.82, 2.24) is 5.32 Å². The first-order chi connectivity index (χ1) is 8.79. The molecule has 1 unspecified atom stereocenters. The smallest absolute Gasteiger partial charge is 0.252 e. The summed E-state index contributed by atoms with van der Waals surface area (Å²) in [6.45, 7) is 5.54. The summed E-state index contributed by atoms with van der Waals surface area (Å²) >= 11 is 5.97. The van der Waals surface area contributed by atoms with Crippen LogP contribution in [0.2, 0.25) is 5.02 Å². The van der Waals surface area contributed by atoms with Crippen molar-refractivity contribution in [3.63, 3.8) is 0 Å². The average Bonchev–Trinajstić information content (AvgIpc) is 2.27. The van der Waals surface area contributed by atoms with Crippen LogP contribution < -0.4 is 5.32 Å². The Morgan fingerprint density at radius 3 is 2.63 bits per heavy atom. The molecule has 19 heavy (non-hydrogen) atoms. The number of benzene rings is 1. The lowest BCUT2D eigenvalue weighted by atomic mass is 9.99. The fraction of sp³-hybridized carbons (Fsp3) is 0.533. The van der Waals surface area contributed by atoms with Crippen LogP contribution in [0.15, 0.2) is 24.3 Å². The highest BCUT2D eigenvalue weighted by Gasteiger charge is 2.15. The van der Waals surface area contributed by atoms with Gasteiger partial charge < -0.3 is 10.4 Å². The van der Waals surface area contributed by atoms with Gasteiger partial charge in [0.2, 0.25) is 0 Å². The molecule has 0 aliphatic carbocycles. The van der Waals surface area contributed by atoms with Crippen molar-refractivity contribution in [2.75, 3.05) is 0 Å². The van der Waals surface area contributed by atoms with Gasteiger partial charge in [0.15, 0.2) is 0 Å². The summed E-state index contributed by atoms with van der Waals surface area (Å²) in [7, 11) is 0. The van der Waals surface area contributed by atoms with E-state index in [1.807, 2.05) is 6.92 Å². The van der Waals surface area contributed by atoms with Gasteiger partial charge in [-0.2, -0.15) is 0 Å². The standard InChI is InChI=1S/C15H22ClNO2/c1-11(7-6-10-15(2,3)19)17-14(18)12-8-4-5-9-13(12)16/h4-5,8-9,11,19H,6-7,10H2,1-3H3,(H,17,18). The fourth-order valence-corrected chi connectivity index (χ4v) is 2.08. The van der Waals surface area contributed by atoms with Gasteiger partial charge in [-0.1, -0.05) is 23.7 Å². The average molecular weight is 284 g/mol. The Bertz CT molecular complexity index is 426. The zero-order chi connectivity index (χ0) is 14.5. The maximum Gasteiger partial charge on any atom is 0.252 e. The lowest BCUT2D eigenvalue weighted by molar-refractivity contribution is 0.0674. The first-order valence-corrected chi connectivity index (χ1v) is 6.95. The molecule has 1 aromatic carbocycles. The minimum Gasteiger partial charge on any atom is -0.390 e. The summed E-state index contributed by atoms with van der Waals surface area (Å²) in [4.78, 5) is 12.0. The number of aliphatic hydroxyl groups is 1. The summed E-state index contributed by atoms with van der Waals surface area (Å²) in [5.41, 5.74) is -0.148. The van der Waals surface area contributed by atoms with Crippen molar-refractivity contribution in [3.05, 3.63) is 34.9 Å². The van der Waals surface area contributed by atoms with Crippen molar-refractivity contribution in [3.8, 4) is 0 Å². The third kappa shape index (κ3) is 6.08. The lowest BCUT2D eigenvalue weighted by Crippen LogP contribution is -2.33. The molecule has 0 heterocycles. The number of halogens is 1. The van der Waals surface area contributed by atoms with E-state index in [-0.39, 0.29) is 11.9 Å². The van der Waals surface area contributed by atoms with Crippen LogP contribution in [0.5, 0.6) is 0 Å². The summed E-state index contributed by atoms with van der Waals surface area (Å²) < 4.78 is 0. The highest BCUT2D eigenvalue weighted by atomic mass is 35.5. The van der Waals surface area contributed by atoms with E-state index in [0.717, 1.165) is 19.3 Å². The number of rotatable bonds is 6. The second kappa shape index (κ2) is 6.92. The first kappa shape index (κ1) is 16.0. The molecule has 1 rings (SSSR count). The molecule has 2 N–H and O–H groups in total. The fourth-order valence-electron chi connectivity index (χ4n) is 1.86. The number of carbonyl (C=O) groups is 1. The Kier molecular flexibility index (Phi) is 5.83. The van der Waals surface area contributed by atoms with E-state index in [9.17, 15) is 9.90 Å². The van der Waals surface area contributed by atoms with Crippen LogP contribution >= 0.6 is 11.6 Å². The predicted octanol–water partition coefficient (Wildman–Crippen LogP) is 3.40. The molecule has 3 nitrogen and oxygen atoms in total. The van der Waals surface area contributed by atoms with Crippen molar-refractivity contribution in [2.24, 2.45) is 0 Å². The van der Waals surface area contributed by atoms with Crippen LogP contribution in [-0.4, -0.2) is 22.7 Å². The normalized spacial score (nSPS) is 13.1. The van der Waals surface area contributed by atoms with Gasteiger partial charge in [-0.15, -0.1) is 0 Å². The van der Waals surface area contributed by atoms with Crippen molar-refractivity contribution in [2.45, 2.75) is 51.7 Å². The largest absolute Gasteiger partial charge is 0.390 e. The van der Waals surface area contributed by atoms with Crippen LogP contribution in [0.25, 0.3) is 0 Å². The van der Waals surface area contributed by atoms with Gasteiger partial charge in [0, 0.05) is 6.04 Å². The van der Waals surface area contributed by atoms with Crippen LogP contribution in [-0.2, 0) is 0 Å². The number of hydrogen-bond donors (Lipinski definition) is 2. The molecule has 106 valence electrons. The second-order valence-corrected chi connectivity index (χ2v) is 5.97. The molecule has 4 heteroatoms. The van der Waals surface area contributed by atoms with Gasteiger partial charge in [-0.25, -0.2) is 0 Å². The third-order valence-corrected chi connectivity index (χ3v) is 3.25. The van der Waals surface area contributed by atoms with Gasteiger partial charge in [0.25, 0.3) is 5.91 Å². The second-order valence-electron chi connectivity index (χ2n) is 5.56. The summed E-state index contributed by atoms with van der Waals surface area (Å²) in [6.07, 6.45) is 2.42. The van der Waals surface area contributed by atoms with E-state index < -0.39 is 5.60 Å². The lowest BCUT2D eigenvalue weighted by Gasteiger charge is -2.19. The Balaban J connectivity index is 2.43. The molecule has 0 radical (unpaired) electrons. The van der Waals surface area contributed by atoms with Crippen LogP contribution in [0.1, 0.15) is 50.4 Å². The zero-order valence-electron chi connectivity index (χ0n) is 11.7. The number of amides is 1. The Morgan fingerprint density at radius 1 is 1.42 bits per heavy atom. The highest BCUT2D eigenvalue weighted by molar-refractivity contribution is 6.33. The molecule has 1 atom stereocenters. The SMILES string of the molecule is CC(CCCC(C)(C)O)NC(=O)c1ccccc1Cl. The molecular weight excluding hydrogens is 262 g/mol. The molecule has 0 aliphatic rings. The number of hydrogen-bond acceptors (Lipinski definition) is 2.